The van der Waals surface area contributed by atoms with E-state index in [2.05, 4.69) is 0 Å². The minimum Gasteiger partial charge on any atom is -0.302 e. The van der Waals surface area contributed by atoms with Gasteiger partial charge in [-0.1, -0.05) is 41.9 Å². The average Bonchev–Trinajstić information content (AvgIpc) is 2.47. The van der Waals surface area contributed by atoms with Crippen LogP contribution in [-0.4, -0.2) is 24.3 Å². The maximum atomic E-state index is 13.5. The predicted molar refractivity (Wildman–Crippen MR) is 83.1 cm³/mol. The molecule has 0 unspecified atom stereocenters. The lowest BCUT2D eigenvalue weighted by Gasteiger charge is -2.16. The van der Waals surface area contributed by atoms with Crippen molar-refractivity contribution in [2.45, 2.75) is 13.0 Å². The summed E-state index contributed by atoms with van der Waals surface area (Å²) in [6, 6.07) is 13.6. The molecule has 2 nitrogen and oxygen atoms in total. The molecule has 0 aliphatic rings. The van der Waals surface area contributed by atoms with Crippen molar-refractivity contribution >= 4 is 17.4 Å². The zero-order chi connectivity index (χ0) is 15.2. The Kier molecular flexibility index (Phi) is 5.48. The van der Waals surface area contributed by atoms with E-state index in [1.54, 1.807) is 36.4 Å². The molecule has 0 N–H and O–H groups in total. The molecule has 0 aliphatic carbocycles. The van der Waals surface area contributed by atoms with E-state index in [0.717, 1.165) is 0 Å². The average molecular weight is 306 g/mol. The molecule has 2 aromatic rings. The van der Waals surface area contributed by atoms with Crippen LogP contribution in [0.1, 0.15) is 22.3 Å². The maximum Gasteiger partial charge on any atom is 0.164 e. The number of benzene rings is 2. The first-order chi connectivity index (χ1) is 10.1. The van der Waals surface area contributed by atoms with Gasteiger partial charge in [0.15, 0.2) is 5.78 Å². The van der Waals surface area contributed by atoms with Crippen LogP contribution in [-0.2, 0) is 6.54 Å². The molecule has 0 spiro atoms. The summed E-state index contributed by atoms with van der Waals surface area (Å²) in [6.07, 6.45) is 0.380. The van der Waals surface area contributed by atoms with Gasteiger partial charge in [-0.15, -0.1) is 0 Å². The first kappa shape index (κ1) is 15.7. The highest BCUT2D eigenvalue weighted by molar-refractivity contribution is 6.31. The van der Waals surface area contributed by atoms with Crippen molar-refractivity contribution in [1.29, 1.82) is 0 Å². The van der Waals surface area contributed by atoms with Crippen LogP contribution in [0.15, 0.2) is 48.5 Å². The number of carbonyl (C=O) groups excluding carboxylic acids is 1. The Hall–Kier alpha value is -1.71. The third kappa shape index (κ3) is 4.66. The number of halogens is 2. The van der Waals surface area contributed by atoms with Crippen molar-refractivity contribution in [3.8, 4) is 0 Å². The van der Waals surface area contributed by atoms with Gasteiger partial charge in [0.1, 0.15) is 5.82 Å². The minimum absolute atomic E-state index is 0.0397. The van der Waals surface area contributed by atoms with Gasteiger partial charge in [-0.3, -0.25) is 4.79 Å². The number of rotatable bonds is 6. The van der Waals surface area contributed by atoms with E-state index in [9.17, 15) is 9.18 Å². The van der Waals surface area contributed by atoms with Gasteiger partial charge in [-0.25, -0.2) is 4.39 Å². The smallest absolute Gasteiger partial charge is 0.164 e. The van der Waals surface area contributed by atoms with Gasteiger partial charge in [0.25, 0.3) is 0 Å². The van der Waals surface area contributed by atoms with Gasteiger partial charge in [0, 0.05) is 35.7 Å². The first-order valence-corrected chi connectivity index (χ1v) is 7.15. The molecule has 4 heteroatoms. The lowest BCUT2D eigenvalue weighted by molar-refractivity contribution is 0.0967. The minimum atomic E-state index is -0.217. The molecule has 2 rings (SSSR count). The molecule has 0 fully saturated rings. The van der Waals surface area contributed by atoms with E-state index < -0.39 is 0 Å². The second-order valence-corrected chi connectivity index (χ2v) is 5.45. The Morgan fingerprint density at radius 2 is 1.95 bits per heavy atom. The van der Waals surface area contributed by atoms with Crippen LogP contribution in [0.25, 0.3) is 0 Å². The molecule has 0 saturated heterocycles. The number of ketones is 1. The van der Waals surface area contributed by atoms with Crippen LogP contribution in [0.5, 0.6) is 0 Å². The summed E-state index contributed by atoms with van der Waals surface area (Å²) in [5.41, 5.74) is 1.25. The fourth-order valence-corrected chi connectivity index (χ4v) is 2.29. The number of hydrogen-bond acceptors (Lipinski definition) is 2. The van der Waals surface area contributed by atoms with Crippen LogP contribution < -0.4 is 0 Å². The molecular formula is C17H17ClFNO. The lowest BCUT2D eigenvalue weighted by Crippen LogP contribution is -2.22. The zero-order valence-electron chi connectivity index (χ0n) is 11.9. The molecule has 0 aliphatic heterocycles. The summed E-state index contributed by atoms with van der Waals surface area (Å²) < 4.78 is 13.5. The van der Waals surface area contributed by atoms with Crippen LogP contribution in [0.3, 0.4) is 0 Å². The molecule has 0 radical (unpaired) electrons. The zero-order valence-corrected chi connectivity index (χ0v) is 12.6. The predicted octanol–water partition coefficient (Wildman–Crippen LogP) is 4.18. The fourth-order valence-electron chi connectivity index (χ4n) is 2.10. The normalized spacial score (nSPS) is 10.9. The van der Waals surface area contributed by atoms with Crippen LogP contribution >= 0.6 is 11.6 Å². The highest BCUT2D eigenvalue weighted by atomic mass is 35.5. The Balaban J connectivity index is 1.88. The molecular weight excluding hydrogens is 289 g/mol. The maximum absolute atomic E-state index is 13.5. The quantitative estimate of drug-likeness (QED) is 0.746. The van der Waals surface area contributed by atoms with Gasteiger partial charge in [0.2, 0.25) is 0 Å². The Labute approximate surface area is 129 Å². The monoisotopic (exact) mass is 305 g/mol. The summed E-state index contributed by atoms with van der Waals surface area (Å²) in [5, 5.41) is 0.556. The van der Waals surface area contributed by atoms with Gasteiger partial charge >= 0.3 is 0 Å². The Bertz CT molecular complexity index is 630. The molecule has 0 bridgehead atoms. The first-order valence-electron chi connectivity index (χ1n) is 6.77. The van der Waals surface area contributed by atoms with Crippen molar-refractivity contribution in [2.24, 2.45) is 0 Å². The Morgan fingerprint density at radius 3 is 2.67 bits per heavy atom. The second kappa shape index (κ2) is 7.34. The molecule has 2 aromatic carbocycles. The van der Waals surface area contributed by atoms with Crippen molar-refractivity contribution in [3.05, 3.63) is 70.5 Å². The van der Waals surface area contributed by atoms with Gasteiger partial charge < -0.3 is 4.90 Å². The highest BCUT2D eigenvalue weighted by Crippen LogP contribution is 2.13. The van der Waals surface area contributed by atoms with E-state index in [1.165, 1.54) is 6.07 Å². The van der Waals surface area contributed by atoms with E-state index in [4.69, 9.17) is 11.6 Å². The van der Waals surface area contributed by atoms with E-state index in [-0.39, 0.29) is 11.6 Å². The number of nitrogens with zero attached hydrogens (tertiary/aromatic N) is 1. The molecule has 0 saturated carbocycles. The van der Waals surface area contributed by atoms with Crippen LogP contribution in [0.2, 0.25) is 5.02 Å². The van der Waals surface area contributed by atoms with E-state index in [0.29, 0.717) is 35.7 Å². The Morgan fingerprint density at radius 1 is 1.19 bits per heavy atom. The van der Waals surface area contributed by atoms with E-state index in [1.807, 2.05) is 18.0 Å². The fraction of sp³-hybridized carbons (Fsp3) is 0.235. The van der Waals surface area contributed by atoms with Crippen molar-refractivity contribution < 1.29 is 9.18 Å². The summed E-state index contributed by atoms with van der Waals surface area (Å²) in [4.78, 5) is 14.0. The number of hydrogen-bond donors (Lipinski definition) is 0. The summed E-state index contributed by atoms with van der Waals surface area (Å²) >= 11 is 5.87. The highest BCUT2D eigenvalue weighted by Gasteiger charge is 2.09. The van der Waals surface area contributed by atoms with Crippen LogP contribution in [0.4, 0.5) is 4.39 Å². The SMILES string of the molecule is CN(CCC(=O)c1cccc(Cl)c1)Cc1ccccc1F. The number of Topliss-reactive ketones (excluding diaryl/α,β-unsaturated/α-hetero) is 1. The molecule has 0 amide bonds. The summed E-state index contributed by atoms with van der Waals surface area (Å²) in [7, 11) is 1.87. The molecule has 0 aromatic heterocycles. The number of carbonyl (C=O) groups is 1. The van der Waals surface area contributed by atoms with Crippen molar-refractivity contribution in [1.82, 2.24) is 4.90 Å². The molecule has 21 heavy (non-hydrogen) atoms. The van der Waals surface area contributed by atoms with Crippen molar-refractivity contribution in [3.63, 3.8) is 0 Å². The standard InChI is InChI=1S/C17H17ClFNO/c1-20(12-14-5-2-3-8-16(14)19)10-9-17(21)13-6-4-7-15(18)11-13/h2-8,11H,9-10,12H2,1H3. The lowest BCUT2D eigenvalue weighted by atomic mass is 10.1. The van der Waals surface area contributed by atoms with Gasteiger partial charge in [-0.2, -0.15) is 0 Å². The van der Waals surface area contributed by atoms with Gasteiger partial charge in [-0.05, 0) is 25.2 Å². The van der Waals surface area contributed by atoms with E-state index >= 15 is 0 Å². The molecule has 0 heterocycles. The topological polar surface area (TPSA) is 20.3 Å². The third-order valence-corrected chi connectivity index (χ3v) is 3.50. The molecule has 110 valence electrons. The largest absolute Gasteiger partial charge is 0.302 e. The second-order valence-electron chi connectivity index (χ2n) is 5.01. The van der Waals surface area contributed by atoms with Crippen LogP contribution in [0, 0.1) is 5.82 Å². The molecule has 0 atom stereocenters. The summed E-state index contributed by atoms with van der Waals surface area (Å²) in [5.74, 6) is -0.177. The third-order valence-electron chi connectivity index (χ3n) is 3.27. The van der Waals surface area contributed by atoms with Crippen molar-refractivity contribution in [2.75, 3.05) is 13.6 Å². The van der Waals surface area contributed by atoms with Gasteiger partial charge in [0.05, 0.1) is 0 Å². The summed E-state index contributed by atoms with van der Waals surface area (Å²) in [6.45, 7) is 1.05.